The molecule has 0 radical (unpaired) electrons. The summed E-state index contributed by atoms with van der Waals surface area (Å²) in [5.74, 6) is 0. The van der Waals surface area contributed by atoms with Crippen LogP contribution < -0.4 is 0 Å². The van der Waals surface area contributed by atoms with Gasteiger partial charge in [0.1, 0.15) is 12.1 Å². The van der Waals surface area contributed by atoms with E-state index in [1.54, 1.807) is 23.0 Å². The SMILES string of the molecule is N#Cc1ccccc1Sc1cc(-c2cnn([C@H]3CCCC[C@@H]3O)c2)cn2ncc(C#N)c12. The number of fused-ring (bicyclic) bond motifs is 1. The largest absolute Gasteiger partial charge is 0.391 e. The molecule has 32 heavy (non-hydrogen) atoms. The van der Waals surface area contributed by atoms with Crippen molar-refractivity contribution in [2.24, 2.45) is 0 Å². The quantitative estimate of drug-likeness (QED) is 0.499. The second-order valence-corrected chi connectivity index (χ2v) is 8.98. The lowest BCUT2D eigenvalue weighted by Crippen LogP contribution is -2.27. The minimum atomic E-state index is -0.378. The van der Waals surface area contributed by atoms with Gasteiger partial charge in [0, 0.05) is 33.3 Å². The number of aliphatic hydroxyl groups excluding tert-OH is 1. The summed E-state index contributed by atoms with van der Waals surface area (Å²) in [6.07, 6.45) is 10.7. The highest BCUT2D eigenvalue weighted by Crippen LogP contribution is 2.37. The smallest absolute Gasteiger partial charge is 0.103 e. The van der Waals surface area contributed by atoms with E-state index < -0.39 is 0 Å². The first-order valence-electron chi connectivity index (χ1n) is 10.5. The van der Waals surface area contributed by atoms with E-state index in [0.717, 1.165) is 46.6 Å². The third-order valence-corrected chi connectivity index (χ3v) is 7.00. The molecular formula is C24H20N6OS. The van der Waals surface area contributed by atoms with Crippen LogP contribution in [0.4, 0.5) is 0 Å². The lowest BCUT2D eigenvalue weighted by Gasteiger charge is -2.27. The zero-order valence-corrected chi connectivity index (χ0v) is 18.0. The summed E-state index contributed by atoms with van der Waals surface area (Å²) in [5, 5.41) is 38.4. The molecule has 1 aromatic carbocycles. The van der Waals surface area contributed by atoms with Crippen LogP contribution in [0.25, 0.3) is 16.6 Å². The molecule has 5 rings (SSSR count). The van der Waals surface area contributed by atoms with Crippen molar-refractivity contribution < 1.29 is 5.11 Å². The minimum absolute atomic E-state index is 0.00697. The Bertz CT molecular complexity index is 1380. The van der Waals surface area contributed by atoms with Crippen LogP contribution >= 0.6 is 11.8 Å². The van der Waals surface area contributed by atoms with Gasteiger partial charge in [-0.15, -0.1) is 0 Å². The summed E-state index contributed by atoms with van der Waals surface area (Å²) in [7, 11) is 0. The van der Waals surface area contributed by atoms with Crippen molar-refractivity contribution in [1.82, 2.24) is 19.4 Å². The van der Waals surface area contributed by atoms with Gasteiger partial charge in [-0.1, -0.05) is 36.7 Å². The lowest BCUT2D eigenvalue weighted by molar-refractivity contribution is 0.0695. The number of nitriles is 2. The third-order valence-electron chi connectivity index (χ3n) is 5.89. The fourth-order valence-electron chi connectivity index (χ4n) is 4.24. The first kappa shape index (κ1) is 20.3. The predicted octanol–water partition coefficient (Wildman–Crippen LogP) is 4.57. The zero-order chi connectivity index (χ0) is 22.1. The monoisotopic (exact) mass is 440 g/mol. The summed E-state index contributed by atoms with van der Waals surface area (Å²) in [6.45, 7) is 0. The first-order valence-corrected chi connectivity index (χ1v) is 11.3. The maximum absolute atomic E-state index is 10.4. The fraction of sp³-hybridized carbons (Fsp3) is 0.250. The maximum atomic E-state index is 10.4. The molecule has 0 spiro atoms. The number of pyridine rings is 1. The van der Waals surface area contributed by atoms with Crippen LogP contribution in [0.5, 0.6) is 0 Å². The Morgan fingerprint density at radius 1 is 0.938 bits per heavy atom. The van der Waals surface area contributed by atoms with Gasteiger partial charge < -0.3 is 5.11 Å². The molecule has 0 amide bonds. The van der Waals surface area contributed by atoms with Gasteiger partial charge in [-0.05, 0) is 31.0 Å². The fourth-order valence-corrected chi connectivity index (χ4v) is 5.33. The van der Waals surface area contributed by atoms with Crippen molar-refractivity contribution in [1.29, 1.82) is 10.5 Å². The van der Waals surface area contributed by atoms with E-state index in [2.05, 4.69) is 22.3 Å². The minimum Gasteiger partial charge on any atom is -0.391 e. The summed E-state index contributed by atoms with van der Waals surface area (Å²) < 4.78 is 3.57. The Labute approximate surface area is 189 Å². The normalized spacial score (nSPS) is 18.3. The molecule has 1 N–H and O–H groups in total. The van der Waals surface area contributed by atoms with E-state index in [-0.39, 0.29) is 12.1 Å². The van der Waals surface area contributed by atoms with Gasteiger partial charge >= 0.3 is 0 Å². The molecule has 1 aliphatic carbocycles. The van der Waals surface area contributed by atoms with Gasteiger partial charge in [0.2, 0.25) is 0 Å². The van der Waals surface area contributed by atoms with Crippen LogP contribution in [-0.2, 0) is 0 Å². The van der Waals surface area contributed by atoms with Crippen LogP contribution in [0.15, 0.2) is 64.9 Å². The molecule has 158 valence electrons. The summed E-state index contributed by atoms with van der Waals surface area (Å²) in [4.78, 5) is 1.66. The first-order chi connectivity index (χ1) is 15.7. The average Bonchev–Trinajstić information content (AvgIpc) is 3.47. The van der Waals surface area contributed by atoms with Crippen molar-refractivity contribution in [2.75, 3.05) is 0 Å². The molecule has 3 heterocycles. The number of hydrogen-bond donors (Lipinski definition) is 1. The van der Waals surface area contributed by atoms with Crippen LogP contribution in [0, 0.1) is 22.7 Å². The van der Waals surface area contributed by atoms with E-state index in [1.807, 2.05) is 41.3 Å². The molecule has 2 atom stereocenters. The zero-order valence-electron chi connectivity index (χ0n) is 17.2. The highest BCUT2D eigenvalue weighted by Gasteiger charge is 2.25. The highest BCUT2D eigenvalue weighted by molar-refractivity contribution is 7.99. The summed E-state index contributed by atoms with van der Waals surface area (Å²) >= 11 is 1.44. The van der Waals surface area contributed by atoms with Gasteiger partial charge in [-0.25, -0.2) is 4.52 Å². The highest BCUT2D eigenvalue weighted by atomic mass is 32.2. The Hall–Kier alpha value is -3.59. The maximum Gasteiger partial charge on any atom is 0.103 e. The molecule has 1 aliphatic rings. The van der Waals surface area contributed by atoms with Gasteiger partial charge in [0.05, 0.1) is 41.2 Å². The molecule has 0 aliphatic heterocycles. The van der Waals surface area contributed by atoms with Crippen molar-refractivity contribution >= 4 is 17.3 Å². The Morgan fingerprint density at radius 2 is 1.75 bits per heavy atom. The summed E-state index contributed by atoms with van der Waals surface area (Å²) in [6, 6.07) is 13.9. The van der Waals surface area contributed by atoms with Crippen LogP contribution in [0.3, 0.4) is 0 Å². The van der Waals surface area contributed by atoms with E-state index in [4.69, 9.17) is 0 Å². The molecule has 7 nitrogen and oxygen atoms in total. The van der Waals surface area contributed by atoms with Crippen molar-refractivity contribution in [3.05, 3.63) is 66.2 Å². The molecule has 4 aromatic rings. The van der Waals surface area contributed by atoms with Crippen molar-refractivity contribution in [3.63, 3.8) is 0 Å². The van der Waals surface area contributed by atoms with E-state index >= 15 is 0 Å². The Morgan fingerprint density at radius 3 is 2.56 bits per heavy atom. The van der Waals surface area contributed by atoms with E-state index in [0.29, 0.717) is 16.6 Å². The van der Waals surface area contributed by atoms with Crippen LogP contribution in [0.1, 0.15) is 42.9 Å². The van der Waals surface area contributed by atoms with Gasteiger partial charge in [-0.3, -0.25) is 4.68 Å². The average molecular weight is 441 g/mol. The van der Waals surface area contributed by atoms with E-state index in [1.165, 1.54) is 11.8 Å². The molecular weight excluding hydrogens is 420 g/mol. The molecule has 3 aromatic heterocycles. The molecule has 0 saturated heterocycles. The van der Waals surface area contributed by atoms with E-state index in [9.17, 15) is 15.6 Å². The van der Waals surface area contributed by atoms with Crippen molar-refractivity contribution in [3.8, 4) is 23.3 Å². The van der Waals surface area contributed by atoms with Gasteiger partial charge in [-0.2, -0.15) is 20.7 Å². The molecule has 1 fully saturated rings. The number of hydrogen-bond acceptors (Lipinski definition) is 6. The number of aliphatic hydroxyl groups is 1. The molecule has 8 heteroatoms. The second-order valence-electron chi connectivity index (χ2n) is 7.89. The summed E-state index contributed by atoms with van der Waals surface area (Å²) in [5.41, 5.74) is 3.59. The molecule has 0 bridgehead atoms. The topological polar surface area (TPSA) is 103 Å². The lowest BCUT2D eigenvalue weighted by atomic mass is 9.93. The second kappa shape index (κ2) is 8.51. The van der Waals surface area contributed by atoms with Gasteiger partial charge in [0.25, 0.3) is 0 Å². The Balaban J connectivity index is 1.58. The number of aromatic nitrogens is 4. The number of benzene rings is 1. The number of rotatable bonds is 4. The van der Waals surface area contributed by atoms with Crippen LogP contribution in [-0.4, -0.2) is 30.6 Å². The molecule has 1 saturated carbocycles. The predicted molar refractivity (Wildman–Crippen MR) is 120 cm³/mol. The van der Waals surface area contributed by atoms with Crippen LogP contribution in [0.2, 0.25) is 0 Å². The number of nitrogens with zero attached hydrogens (tertiary/aromatic N) is 6. The van der Waals surface area contributed by atoms with Crippen molar-refractivity contribution in [2.45, 2.75) is 47.6 Å². The molecule has 0 unspecified atom stereocenters. The third kappa shape index (κ3) is 3.64. The van der Waals surface area contributed by atoms with Gasteiger partial charge in [0.15, 0.2) is 0 Å². The Kier molecular flexibility index (Phi) is 5.40. The standard InChI is InChI=1S/C24H20N6OS/c25-10-16-5-1-4-8-22(16)32-23-9-17(14-30-24(23)18(11-26)12-28-30)19-13-27-29(15-19)20-6-2-3-7-21(20)31/h1,4-5,8-9,12-15,20-21,31H,2-3,6-7H2/t20-,21-/m0/s1.